The molecule has 3 heterocycles. The molecular weight excluding hydrogens is 527 g/mol. The number of fused-ring (bicyclic) bond motifs is 1. The number of nitrogens with zero attached hydrogens (tertiary/aromatic N) is 3. The molecule has 2 aromatic heterocycles. The number of H-pyrrole nitrogens is 1. The van der Waals surface area contributed by atoms with Crippen molar-refractivity contribution in [2.24, 2.45) is 0 Å². The molecule has 208 valence electrons. The second-order valence-electron chi connectivity index (χ2n) is 10.6. The van der Waals surface area contributed by atoms with Crippen LogP contribution in [0.15, 0.2) is 90.4 Å². The summed E-state index contributed by atoms with van der Waals surface area (Å²) in [6.07, 6.45) is 9.31. The molecule has 2 aromatic carbocycles. The molecule has 6 nitrogen and oxygen atoms in total. The van der Waals surface area contributed by atoms with Crippen molar-refractivity contribution in [3.63, 3.8) is 0 Å². The van der Waals surface area contributed by atoms with E-state index in [9.17, 15) is 18.0 Å². The van der Waals surface area contributed by atoms with Crippen LogP contribution in [-0.2, 0) is 6.54 Å². The van der Waals surface area contributed by atoms with Gasteiger partial charge in [-0.15, -0.1) is 0 Å². The summed E-state index contributed by atoms with van der Waals surface area (Å²) in [4.78, 5) is 19.4. The fourth-order valence-corrected chi connectivity index (χ4v) is 5.34. The number of nitrogens with one attached hydrogen (secondary N) is 2. The Morgan fingerprint density at radius 1 is 1.10 bits per heavy atom. The lowest BCUT2D eigenvalue weighted by atomic mass is 9.99. The number of aromatic amines is 1. The van der Waals surface area contributed by atoms with Crippen molar-refractivity contribution >= 4 is 22.4 Å². The number of hydrogen-bond donors (Lipinski definition) is 2. The molecule has 0 atom stereocenters. The fourth-order valence-electron chi connectivity index (χ4n) is 5.34. The van der Waals surface area contributed by atoms with Crippen LogP contribution in [0.4, 0.5) is 13.2 Å². The number of aromatic nitrogens is 3. The third kappa shape index (κ3) is 5.71. The number of hydrogen-bond acceptors (Lipinski definition) is 4. The molecule has 9 heteroatoms. The minimum Gasteiger partial charge on any atom is -0.321 e. The third-order valence-electron chi connectivity index (χ3n) is 7.50. The molecule has 41 heavy (non-hydrogen) atoms. The number of carbonyl (C=O) groups excluding carboxylic acids is 1. The Labute approximate surface area is 235 Å². The minimum atomic E-state index is -2.64. The molecule has 2 N–H and O–H groups in total. The Morgan fingerprint density at radius 2 is 1.95 bits per heavy atom. The molecule has 1 amide bonds. The van der Waals surface area contributed by atoms with Crippen molar-refractivity contribution < 1.29 is 18.0 Å². The number of likely N-dealkylation sites (tertiary alicyclic amines) is 1. The summed E-state index contributed by atoms with van der Waals surface area (Å²) < 4.78 is 41.7. The number of alkyl halides is 2. The standard InChI is InChI=1S/C32H28F3N5O/c1-20-6-8-24(9-10-25(20)26-4-2-3-5-28(26)33)37-31(41)30-27-15-22(7-11-29(27)38-39-30)23-14-21(16-36-17-23)18-40-13-12-32(34,35)19-40/h2-5,7-11,14-17H,6,12-13,18-19H2,1H3,(H,37,41)(H,38,39). The molecule has 1 aliphatic carbocycles. The Bertz CT molecular complexity index is 1740. The highest BCUT2D eigenvalue weighted by Gasteiger charge is 2.37. The maximum atomic E-state index is 14.4. The number of benzene rings is 2. The first-order valence-electron chi connectivity index (χ1n) is 13.4. The molecule has 4 aromatic rings. The summed E-state index contributed by atoms with van der Waals surface area (Å²) >= 11 is 0. The lowest BCUT2D eigenvalue weighted by Gasteiger charge is -2.15. The third-order valence-corrected chi connectivity index (χ3v) is 7.50. The minimum absolute atomic E-state index is 0.127. The van der Waals surface area contributed by atoms with E-state index in [1.807, 2.05) is 43.3 Å². The molecule has 1 fully saturated rings. The normalized spacial score (nSPS) is 17.1. The summed E-state index contributed by atoms with van der Waals surface area (Å²) in [6, 6.07) is 14.2. The second kappa shape index (κ2) is 10.8. The van der Waals surface area contributed by atoms with E-state index in [0.29, 0.717) is 41.7 Å². The Morgan fingerprint density at radius 3 is 2.76 bits per heavy atom. The van der Waals surface area contributed by atoms with E-state index in [1.165, 1.54) is 6.07 Å². The number of pyridine rings is 1. The van der Waals surface area contributed by atoms with E-state index in [2.05, 4.69) is 20.5 Å². The summed E-state index contributed by atoms with van der Waals surface area (Å²) in [5.41, 5.74) is 6.32. The maximum absolute atomic E-state index is 14.4. The van der Waals surface area contributed by atoms with Crippen molar-refractivity contribution in [2.45, 2.75) is 32.2 Å². The quantitative estimate of drug-likeness (QED) is 0.279. The summed E-state index contributed by atoms with van der Waals surface area (Å²) in [5, 5.41) is 10.8. The van der Waals surface area contributed by atoms with Gasteiger partial charge in [-0.25, -0.2) is 13.2 Å². The number of rotatable bonds is 6. The number of amides is 1. The predicted octanol–water partition coefficient (Wildman–Crippen LogP) is 6.65. The van der Waals surface area contributed by atoms with Gasteiger partial charge in [-0.05, 0) is 60.4 Å². The van der Waals surface area contributed by atoms with Gasteiger partial charge in [-0.3, -0.25) is 19.8 Å². The highest BCUT2D eigenvalue weighted by molar-refractivity contribution is 6.06. The Balaban J connectivity index is 1.21. The molecule has 0 spiro atoms. The molecule has 0 saturated carbocycles. The lowest BCUT2D eigenvalue weighted by Crippen LogP contribution is -2.24. The van der Waals surface area contributed by atoms with Gasteiger partial charge in [0.25, 0.3) is 11.8 Å². The maximum Gasteiger partial charge on any atom is 0.276 e. The zero-order valence-corrected chi connectivity index (χ0v) is 22.4. The molecule has 0 bridgehead atoms. The molecule has 1 aliphatic heterocycles. The zero-order chi connectivity index (χ0) is 28.6. The van der Waals surface area contributed by atoms with Crippen molar-refractivity contribution in [1.82, 2.24) is 25.4 Å². The van der Waals surface area contributed by atoms with E-state index < -0.39 is 5.92 Å². The topological polar surface area (TPSA) is 73.9 Å². The first kappa shape index (κ1) is 26.7. The Kier molecular flexibility index (Phi) is 7.05. The van der Waals surface area contributed by atoms with Crippen LogP contribution >= 0.6 is 0 Å². The van der Waals surface area contributed by atoms with Gasteiger partial charge in [0.2, 0.25) is 0 Å². The van der Waals surface area contributed by atoms with Crippen molar-refractivity contribution in [3.05, 3.63) is 113 Å². The van der Waals surface area contributed by atoms with Crippen LogP contribution in [0.2, 0.25) is 0 Å². The van der Waals surface area contributed by atoms with Gasteiger partial charge in [-0.2, -0.15) is 5.10 Å². The van der Waals surface area contributed by atoms with Gasteiger partial charge >= 0.3 is 0 Å². The monoisotopic (exact) mass is 555 g/mol. The molecule has 2 aliphatic rings. The Hall–Kier alpha value is -4.50. The van der Waals surface area contributed by atoms with E-state index in [4.69, 9.17) is 0 Å². The largest absolute Gasteiger partial charge is 0.321 e. The van der Waals surface area contributed by atoms with E-state index in [0.717, 1.165) is 27.8 Å². The molecule has 0 unspecified atom stereocenters. The van der Waals surface area contributed by atoms with Crippen LogP contribution < -0.4 is 5.32 Å². The molecule has 1 saturated heterocycles. The van der Waals surface area contributed by atoms with E-state index in [1.54, 1.807) is 41.6 Å². The van der Waals surface area contributed by atoms with Gasteiger partial charge in [0.1, 0.15) is 5.82 Å². The molecule has 6 rings (SSSR count). The SMILES string of the molecule is CC1=C(c2ccccc2F)C=CC(NC(=O)c2n[nH]c3ccc(-c4cncc(CN5CCC(F)(F)C5)c4)cc23)=CC1. The second-order valence-corrected chi connectivity index (χ2v) is 10.6. The summed E-state index contributed by atoms with van der Waals surface area (Å²) in [7, 11) is 0. The average Bonchev–Trinajstić information content (AvgIpc) is 3.48. The summed E-state index contributed by atoms with van der Waals surface area (Å²) in [5.74, 6) is -3.32. The van der Waals surface area contributed by atoms with Crippen LogP contribution in [0.25, 0.3) is 27.6 Å². The zero-order valence-electron chi connectivity index (χ0n) is 22.4. The van der Waals surface area contributed by atoms with E-state index in [-0.39, 0.29) is 30.4 Å². The van der Waals surface area contributed by atoms with Gasteiger partial charge in [0.05, 0.1) is 12.1 Å². The van der Waals surface area contributed by atoms with Crippen LogP contribution in [0, 0.1) is 5.82 Å². The first-order chi connectivity index (χ1) is 19.8. The highest BCUT2D eigenvalue weighted by Crippen LogP contribution is 2.30. The first-order valence-corrected chi connectivity index (χ1v) is 13.4. The number of halogens is 3. The number of allylic oxidation sites excluding steroid dienone is 5. The smallest absolute Gasteiger partial charge is 0.276 e. The van der Waals surface area contributed by atoms with Crippen LogP contribution in [0.3, 0.4) is 0 Å². The molecule has 0 radical (unpaired) electrons. The van der Waals surface area contributed by atoms with Gasteiger partial charge in [-0.1, -0.05) is 42.0 Å². The van der Waals surface area contributed by atoms with Crippen LogP contribution in [0.1, 0.15) is 41.4 Å². The lowest BCUT2D eigenvalue weighted by molar-refractivity contribution is 0.0115. The van der Waals surface area contributed by atoms with Crippen molar-refractivity contribution in [1.29, 1.82) is 0 Å². The predicted molar refractivity (Wildman–Crippen MR) is 152 cm³/mol. The van der Waals surface area contributed by atoms with E-state index >= 15 is 0 Å². The van der Waals surface area contributed by atoms with Crippen molar-refractivity contribution in [3.8, 4) is 11.1 Å². The summed E-state index contributed by atoms with van der Waals surface area (Å²) in [6.45, 7) is 2.44. The van der Waals surface area contributed by atoms with Gasteiger partial charge in [0.15, 0.2) is 5.69 Å². The highest BCUT2D eigenvalue weighted by atomic mass is 19.3. The van der Waals surface area contributed by atoms with Gasteiger partial charge < -0.3 is 5.32 Å². The van der Waals surface area contributed by atoms with Crippen molar-refractivity contribution in [2.75, 3.05) is 13.1 Å². The van der Waals surface area contributed by atoms with Crippen LogP contribution in [-0.4, -0.2) is 45.0 Å². The molecular formula is C32H28F3N5O. The van der Waals surface area contributed by atoms with Crippen LogP contribution in [0.5, 0.6) is 0 Å². The fraction of sp³-hybridized carbons (Fsp3) is 0.219. The number of carbonyl (C=O) groups is 1. The average molecular weight is 556 g/mol. The van der Waals surface area contributed by atoms with Gasteiger partial charge in [0, 0.05) is 54.1 Å².